The molecule has 0 spiro atoms. The van der Waals surface area contributed by atoms with Gasteiger partial charge in [-0.2, -0.15) is 17.0 Å². The molecule has 0 aliphatic carbocycles. The van der Waals surface area contributed by atoms with Crippen LogP contribution >= 0.6 is 0 Å². The van der Waals surface area contributed by atoms with Crippen molar-refractivity contribution in [2.45, 2.75) is 51.1 Å². The minimum Gasteiger partial charge on any atom is -0.329 e. The first-order chi connectivity index (χ1) is 8.07. The molecule has 6 heteroatoms. The van der Waals surface area contributed by atoms with Crippen LogP contribution in [0.3, 0.4) is 0 Å². The van der Waals surface area contributed by atoms with Gasteiger partial charge >= 0.3 is 0 Å². The minimum absolute atomic E-state index is 0.00144. The van der Waals surface area contributed by atoms with Crippen LogP contribution in [0.2, 0.25) is 0 Å². The molecule has 2 fully saturated rings. The van der Waals surface area contributed by atoms with Crippen molar-refractivity contribution in [3.63, 3.8) is 0 Å². The zero-order valence-corrected chi connectivity index (χ0v) is 11.3. The number of hydrogen-bond donors (Lipinski definition) is 1. The Bertz CT molecular complexity index is 358. The van der Waals surface area contributed by atoms with Gasteiger partial charge in [-0.3, -0.25) is 0 Å². The number of rotatable bonds is 3. The van der Waals surface area contributed by atoms with Gasteiger partial charge in [0, 0.05) is 31.7 Å². The Morgan fingerprint density at radius 1 is 1.12 bits per heavy atom. The van der Waals surface area contributed by atoms with E-state index < -0.39 is 10.2 Å². The second-order valence-corrected chi connectivity index (χ2v) is 6.94. The number of nitrogens with zero attached hydrogens (tertiary/aromatic N) is 2. The smallest absolute Gasteiger partial charge is 0.282 e. The summed E-state index contributed by atoms with van der Waals surface area (Å²) in [5.41, 5.74) is 5.70. The molecule has 0 bridgehead atoms. The number of nitrogens with two attached hydrogens (primary N) is 1. The molecule has 0 aromatic carbocycles. The standard InChI is InChI=1S/C11H23N3O2S/c1-10-5-4-8-13(10)17(15,16)14-7-3-2-6-11(14)9-12/h10-11H,2-9,12H2,1H3. The van der Waals surface area contributed by atoms with Crippen molar-refractivity contribution in [1.82, 2.24) is 8.61 Å². The van der Waals surface area contributed by atoms with Crippen molar-refractivity contribution < 1.29 is 8.42 Å². The fourth-order valence-electron chi connectivity index (χ4n) is 2.90. The molecule has 2 saturated heterocycles. The quantitative estimate of drug-likeness (QED) is 0.806. The molecule has 0 aromatic heterocycles. The maximum Gasteiger partial charge on any atom is 0.282 e. The normalized spacial score (nSPS) is 33.1. The molecule has 2 rings (SSSR count). The van der Waals surface area contributed by atoms with E-state index in [-0.39, 0.29) is 12.1 Å². The van der Waals surface area contributed by atoms with Crippen LogP contribution in [0.4, 0.5) is 0 Å². The largest absolute Gasteiger partial charge is 0.329 e. The molecule has 0 aromatic rings. The highest BCUT2D eigenvalue weighted by atomic mass is 32.2. The van der Waals surface area contributed by atoms with Gasteiger partial charge in [0.2, 0.25) is 0 Å². The fourth-order valence-corrected chi connectivity index (χ4v) is 5.02. The summed E-state index contributed by atoms with van der Waals surface area (Å²) in [6.07, 6.45) is 4.89. The van der Waals surface area contributed by atoms with Crippen LogP contribution in [-0.2, 0) is 10.2 Å². The second-order valence-electron chi connectivity index (χ2n) is 5.11. The molecule has 2 heterocycles. The molecule has 5 nitrogen and oxygen atoms in total. The van der Waals surface area contributed by atoms with Crippen LogP contribution in [-0.4, -0.2) is 48.7 Å². The van der Waals surface area contributed by atoms with Crippen LogP contribution in [0.15, 0.2) is 0 Å². The van der Waals surface area contributed by atoms with E-state index in [0.29, 0.717) is 19.6 Å². The Labute approximate surface area is 104 Å². The monoisotopic (exact) mass is 261 g/mol. The van der Waals surface area contributed by atoms with Crippen LogP contribution in [0.25, 0.3) is 0 Å². The van der Waals surface area contributed by atoms with Crippen molar-refractivity contribution in [3.05, 3.63) is 0 Å². The molecular formula is C11H23N3O2S. The Morgan fingerprint density at radius 3 is 2.41 bits per heavy atom. The Morgan fingerprint density at radius 2 is 1.82 bits per heavy atom. The van der Waals surface area contributed by atoms with Gasteiger partial charge in [-0.05, 0) is 32.6 Å². The molecule has 2 N–H and O–H groups in total. The average molecular weight is 261 g/mol. The summed E-state index contributed by atoms with van der Waals surface area (Å²) < 4.78 is 28.4. The van der Waals surface area contributed by atoms with Crippen LogP contribution in [0.1, 0.15) is 39.0 Å². The lowest BCUT2D eigenvalue weighted by atomic mass is 10.1. The topological polar surface area (TPSA) is 66.6 Å². The van der Waals surface area contributed by atoms with E-state index in [9.17, 15) is 8.42 Å². The van der Waals surface area contributed by atoms with Gasteiger partial charge in [0.25, 0.3) is 10.2 Å². The summed E-state index contributed by atoms with van der Waals surface area (Å²) in [4.78, 5) is 0. The molecule has 0 amide bonds. The molecule has 100 valence electrons. The third kappa shape index (κ3) is 2.50. The average Bonchev–Trinajstić information content (AvgIpc) is 2.76. The van der Waals surface area contributed by atoms with Gasteiger partial charge in [-0.25, -0.2) is 0 Å². The van der Waals surface area contributed by atoms with Gasteiger partial charge in [-0.15, -0.1) is 0 Å². The highest BCUT2D eigenvalue weighted by Crippen LogP contribution is 2.27. The predicted molar refractivity (Wildman–Crippen MR) is 67.7 cm³/mol. The maximum atomic E-state index is 12.6. The minimum atomic E-state index is -3.29. The zero-order chi connectivity index (χ0) is 12.5. The Hall–Kier alpha value is -0.170. The van der Waals surface area contributed by atoms with Gasteiger partial charge in [0.15, 0.2) is 0 Å². The number of hydrogen-bond acceptors (Lipinski definition) is 3. The molecule has 2 unspecified atom stereocenters. The van der Waals surface area contributed by atoms with Crippen molar-refractivity contribution in [2.24, 2.45) is 5.73 Å². The van der Waals surface area contributed by atoms with Gasteiger partial charge < -0.3 is 5.73 Å². The fraction of sp³-hybridized carbons (Fsp3) is 1.00. The Balaban J connectivity index is 2.18. The first-order valence-electron chi connectivity index (χ1n) is 6.56. The molecule has 2 atom stereocenters. The SMILES string of the molecule is CC1CCCN1S(=O)(=O)N1CCCCC1CN. The zero-order valence-electron chi connectivity index (χ0n) is 10.5. The van der Waals surface area contributed by atoms with Gasteiger partial charge in [0.1, 0.15) is 0 Å². The predicted octanol–water partition coefficient (Wildman–Crippen LogP) is 0.529. The summed E-state index contributed by atoms with van der Waals surface area (Å²) >= 11 is 0. The van der Waals surface area contributed by atoms with E-state index in [4.69, 9.17) is 5.73 Å². The lowest BCUT2D eigenvalue weighted by Gasteiger charge is -2.37. The third-order valence-electron chi connectivity index (χ3n) is 3.93. The molecule has 2 aliphatic heterocycles. The van der Waals surface area contributed by atoms with Crippen LogP contribution in [0, 0.1) is 0 Å². The van der Waals surface area contributed by atoms with Crippen LogP contribution in [0.5, 0.6) is 0 Å². The van der Waals surface area contributed by atoms with E-state index in [0.717, 1.165) is 32.1 Å². The Kier molecular flexibility index (Phi) is 4.07. The molecule has 17 heavy (non-hydrogen) atoms. The van der Waals surface area contributed by atoms with E-state index in [1.807, 2.05) is 6.92 Å². The molecule has 2 aliphatic rings. The first kappa shape index (κ1) is 13.3. The molecule has 0 radical (unpaired) electrons. The van der Waals surface area contributed by atoms with Crippen molar-refractivity contribution >= 4 is 10.2 Å². The summed E-state index contributed by atoms with van der Waals surface area (Å²) in [6.45, 7) is 3.72. The lowest BCUT2D eigenvalue weighted by Crippen LogP contribution is -2.53. The third-order valence-corrected chi connectivity index (χ3v) is 6.14. The highest BCUT2D eigenvalue weighted by molar-refractivity contribution is 7.86. The molecular weight excluding hydrogens is 238 g/mol. The van der Waals surface area contributed by atoms with E-state index >= 15 is 0 Å². The molecule has 0 saturated carbocycles. The summed E-state index contributed by atoms with van der Waals surface area (Å²) in [6, 6.07) is 0.141. The van der Waals surface area contributed by atoms with Gasteiger partial charge in [-0.1, -0.05) is 6.42 Å². The van der Waals surface area contributed by atoms with Gasteiger partial charge in [0.05, 0.1) is 0 Å². The first-order valence-corrected chi connectivity index (χ1v) is 7.95. The van der Waals surface area contributed by atoms with E-state index in [2.05, 4.69) is 0 Å². The summed E-state index contributed by atoms with van der Waals surface area (Å²) in [7, 11) is -3.29. The second kappa shape index (κ2) is 5.22. The van der Waals surface area contributed by atoms with Crippen molar-refractivity contribution in [3.8, 4) is 0 Å². The van der Waals surface area contributed by atoms with Crippen molar-refractivity contribution in [1.29, 1.82) is 0 Å². The van der Waals surface area contributed by atoms with E-state index in [1.54, 1.807) is 8.61 Å². The summed E-state index contributed by atoms with van der Waals surface area (Å²) in [5, 5.41) is 0. The van der Waals surface area contributed by atoms with Crippen LogP contribution < -0.4 is 5.73 Å². The summed E-state index contributed by atoms with van der Waals surface area (Å²) in [5.74, 6) is 0. The van der Waals surface area contributed by atoms with Crippen molar-refractivity contribution in [2.75, 3.05) is 19.6 Å². The number of piperidine rings is 1. The lowest BCUT2D eigenvalue weighted by molar-refractivity contribution is 0.234. The highest BCUT2D eigenvalue weighted by Gasteiger charge is 2.39. The maximum absolute atomic E-state index is 12.6. The van der Waals surface area contributed by atoms with E-state index in [1.165, 1.54) is 0 Å².